The fourth-order valence-corrected chi connectivity index (χ4v) is 4.30. The van der Waals surface area contributed by atoms with Crippen molar-refractivity contribution in [3.8, 4) is 5.75 Å². The van der Waals surface area contributed by atoms with Crippen LogP contribution in [-0.2, 0) is 21.1 Å². The van der Waals surface area contributed by atoms with Crippen LogP contribution in [0.4, 0.5) is 0 Å². The normalized spacial score (nSPS) is 21.1. The number of halogens is 2. The molecule has 1 heterocycles. The Kier molecular flexibility index (Phi) is 6.47. The standard InChI is InChI=1S/C23H24Cl2O4/c1-16(21-15-27-23(29-28-21)10-6-3-7-11-23)19-12-18(24)13-20(25)22(19)26-14-17-8-4-2-5-9-17/h2,4-5,8-9,12-13,21H,1,3,6-7,10-11,14-15H2. The predicted octanol–water partition coefficient (Wildman–Crippen LogP) is 6.59. The van der Waals surface area contributed by atoms with Gasteiger partial charge in [-0.25, -0.2) is 9.78 Å². The minimum Gasteiger partial charge on any atom is -0.487 e. The van der Waals surface area contributed by atoms with Crippen LogP contribution in [0.15, 0.2) is 49.0 Å². The molecule has 0 bridgehead atoms. The van der Waals surface area contributed by atoms with Crippen molar-refractivity contribution in [2.75, 3.05) is 6.61 Å². The van der Waals surface area contributed by atoms with Gasteiger partial charge in [-0.3, -0.25) is 0 Å². The van der Waals surface area contributed by atoms with Crippen LogP contribution in [-0.4, -0.2) is 18.5 Å². The molecule has 2 aromatic carbocycles. The molecule has 154 valence electrons. The average Bonchev–Trinajstić information content (AvgIpc) is 2.74. The first-order valence-electron chi connectivity index (χ1n) is 9.90. The third kappa shape index (κ3) is 4.79. The maximum absolute atomic E-state index is 6.45. The van der Waals surface area contributed by atoms with Crippen LogP contribution in [0.5, 0.6) is 5.75 Å². The zero-order chi connectivity index (χ0) is 20.3. The lowest BCUT2D eigenvalue weighted by Gasteiger charge is -2.41. The lowest BCUT2D eigenvalue weighted by molar-refractivity contribution is -0.483. The first-order chi connectivity index (χ1) is 14.1. The van der Waals surface area contributed by atoms with Gasteiger partial charge in [0.2, 0.25) is 5.79 Å². The molecule has 4 rings (SSSR count). The number of hydrogen-bond donors (Lipinski definition) is 0. The number of rotatable bonds is 5. The average molecular weight is 435 g/mol. The monoisotopic (exact) mass is 434 g/mol. The van der Waals surface area contributed by atoms with Gasteiger partial charge in [0.25, 0.3) is 0 Å². The minimum absolute atomic E-state index is 0.362. The van der Waals surface area contributed by atoms with Crippen molar-refractivity contribution in [2.24, 2.45) is 0 Å². The van der Waals surface area contributed by atoms with E-state index in [9.17, 15) is 0 Å². The Morgan fingerprint density at radius 3 is 2.55 bits per heavy atom. The van der Waals surface area contributed by atoms with Crippen molar-refractivity contribution in [1.29, 1.82) is 0 Å². The molecule has 0 radical (unpaired) electrons. The third-order valence-corrected chi connectivity index (χ3v) is 5.90. The first kappa shape index (κ1) is 20.7. The largest absolute Gasteiger partial charge is 0.487 e. The molecule has 1 saturated carbocycles. The summed E-state index contributed by atoms with van der Waals surface area (Å²) in [5.41, 5.74) is 2.38. The fraction of sp³-hybridized carbons (Fsp3) is 0.391. The second-order valence-corrected chi connectivity index (χ2v) is 8.36. The van der Waals surface area contributed by atoms with Gasteiger partial charge in [0.15, 0.2) is 0 Å². The van der Waals surface area contributed by atoms with E-state index in [-0.39, 0.29) is 0 Å². The molecule has 29 heavy (non-hydrogen) atoms. The summed E-state index contributed by atoms with van der Waals surface area (Å²) in [6, 6.07) is 13.3. The Morgan fingerprint density at radius 1 is 1.10 bits per heavy atom. The highest BCUT2D eigenvalue weighted by atomic mass is 35.5. The van der Waals surface area contributed by atoms with Crippen LogP contribution >= 0.6 is 23.2 Å². The van der Waals surface area contributed by atoms with E-state index in [0.29, 0.717) is 40.1 Å². The smallest absolute Gasteiger partial charge is 0.201 e. The van der Waals surface area contributed by atoms with Crippen molar-refractivity contribution in [1.82, 2.24) is 0 Å². The molecule has 1 saturated heterocycles. The van der Waals surface area contributed by atoms with Gasteiger partial charge in [0.05, 0.1) is 11.6 Å². The van der Waals surface area contributed by atoms with E-state index in [0.717, 1.165) is 31.2 Å². The molecule has 0 amide bonds. The van der Waals surface area contributed by atoms with E-state index in [4.69, 9.17) is 42.5 Å². The summed E-state index contributed by atoms with van der Waals surface area (Å²) in [7, 11) is 0. The predicted molar refractivity (Wildman–Crippen MR) is 114 cm³/mol. The van der Waals surface area contributed by atoms with Crippen molar-refractivity contribution in [3.63, 3.8) is 0 Å². The molecule has 0 aromatic heterocycles. The van der Waals surface area contributed by atoms with Crippen molar-refractivity contribution in [2.45, 2.75) is 50.6 Å². The first-order valence-corrected chi connectivity index (χ1v) is 10.7. The Labute approximate surface area is 181 Å². The van der Waals surface area contributed by atoms with Crippen LogP contribution in [0, 0.1) is 0 Å². The van der Waals surface area contributed by atoms with E-state index in [1.54, 1.807) is 12.1 Å². The Morgan fingerprint density at radius 2 is 1.86 bits per heavy atom. The van der Waals surface area contributed by atoms with E-state index < -0.39 is 11.9 Å². The van der Waals surface area contributed by atoms with Gasteiger partial charge in [-0.2, -0.15) is 0 Å². The molecule has 1 aliphatic heterocycles. The molecule has 1 unspecified atom stereocenters. The van der Waals surface area contributed by atoms with Crippen molar-refractivity contribution < 1.29 is 19.2 Å². The van der Waals surface area contributed by atoms with Crippen LogP contribution in [0.1, 0.15) is 43.2 Å². The summed E-state index contributed by atoms with van der Waals surface area (Å²) < 4.78 is 12.1. The number of hydrogen-bond acceptors (Lipinski definition) is 4. The second kappa shape index (κ2) is 9.07. The van der Waals surface area contributed by atoms with Gasteiger partial charge in [0.1, 0.15) is 18.5 Å². The van der Waals surface area contributed by atoms with E-state index in [2.05, 4.69) is 6.58 Å². The fourth-order valence-electron chi connectivity index (χ4n) is 3.75. The van der Waals surface area contributed by atoms with Gasteiger partial charge in [-0.05, 0) is 36.1 Å². The highest BCUT2D eigenvalue weighted by Gasteiger charge is 2.41. The molecule has 1 aliphatic carbocycles. The summed E-state index contributed by atoms with van der Waals surface area (Å²) in [6.07, 6.45) is 4.60. The van der Waals surface area contributed by atoms with E-state index >= 15 is 0 Å². The summed E-state index contributed by atoms with van der Waals surface area (Å²) in [5.74, 6) is -0.0975. The van der Waals surface area contributed by atoms with Gasteiger partial charge >= 0.3 is 0 Å². The summed E-state index contributed by atoms with van der Waals surface area (Å²) in [4.78, 5) is 11.4. The van der Waals surface area contributed by atoms with Crippen molar-refractivity contribution in [3.05, 3.63) is 70.2 Å². The third-order valence-electron chi connectivity index (χ3n) is 5.40. The Balaban J connectivity index is 1.50. The molecule has 6 heteroatoms. The van der Waals surface area contributed by atoms with Gasteiger partial charge in [0, 0.05) is 23.4 Å². The van der Waals surface area contributed by atoms with E-state index in [1.165, 1.54) is 6.42 Å². The summed E-state index contributed by atoms with van der Waals surface area (Å²) >= 11 is 12.7. The molecule has 0 N–H and O–H groups in total. The van der Waals surface area contributed by atoms with Crippen LogP contribution in [0.25, 0.3) is 5.57 Å². The Bertz CT molecular complexity index is 853. The van der Waals surface area contributed by atoms with Crippen LogP contribution in [0.2, 0.25) is 10.0 Å². The van der Waals surface area contributed by atoms with Crippen LogP contribution < -0.4 is 4.74 Å². The zero-order valence-corrected chi connectivity index (χ0v) is 17.7. The summed E-state index contributed by atoms with van der Waals surface area (Å²) in [6.45, 7) is 4.94. The highest BCUT2D eigenvalue weighted by Crippen LogP contribution is 2.41. The summed E-state index contributed by atoms with van der Waals surface area (Å²) in [5, 5.41) is 0.922. The molecule has 4 nitrogen and oxygen atoms in total. The van der Waals surface area contributed by atoms with Crippen LogP contribution in [0.3, 0.4) is 0 Å². The number of ether oxygens (including phenoxy) is 2. The number of benzene rings is 2. The molecule has 2 aromatic rings. The van der Waals surface area contributed by atoms with Gasteiger partial charge in [-0.1, -0.05) is 66.5 Å². The maximum atomic E-state index is 6.45. The molecular weight excluding hydrogens is 411 g/mol. The lowest BCUT2D eigenvalue weighted by atomic mass is 9.93. The Hall–Kier alpha value is -1.56. The SMILES string of the molecule is C=C(c1cc(Cl)cc(Cl)c1OCc1ccccc1)C1COC2(CCCCC2)OO1. The zero-order valence-electron chi connectivity index (χ0n) is 16.2. The maximum Gasteiger partial charge on any atom is 0.201 e. The lowest BCUT2D eigenvalue weighted by Crippen LogP contribution is -2.46. The highest BCUT2D eigenvalue weighted by molar-refractivity contribution is 6.36. The molecule has 1 atom stereocenters. The molecule has 2 aliphatic rings. The molecule has 2 fully saturated rings. The molecular formula is C23H24Cl2O4. The van der Waals surface area contributed by atoms with Crippen molar-refractivity contribution >= 4 is 28.8 Å². The quantitative estimate of drug-likeness (QED) is 0.497. The minimum atomic E-state index is -0.617. The topological polar surface area (TPSA) is 36.9 Å². The van der Waals surface area contributed by atoms with E-state index in [1.807, 2.05) is 30.3 Å². The molecule has 1 spiro atoms. The van der Waals surface area contributed by atoms with Gasteiger partial charge < -0.3 is 9.47 Å². The second-order valence-electron chi connectivity index (χ2n) is 7.51. The van der Waals surface area contributed by atoms with Gasteiger partial charge in [-0.15, -0.1) is 0 Å².